The first-order valence-corrected chi connectivity index (χ1v) is 6.15. The van der Waals surface area contributed by atoms with Crippen LogP contribution >= 0.6 is 0 Å². The molecule has 0 radical (unpaired) electrons. The van der Waals surface area contributed by atoms with Gasteiger partial charge in [0.2, 0.25) is 0 Å². The number of hydrogen-bond donors (Lipinski definition) is 1. The number of hydrogen-bond acceptors (Lipinski definition) is 4. The van der Waals surface area contributed by atoms with Crippen LogP contribution in [0.4, 0.5) is 5.69 Å². The maximum Gasteiger partial charge on any atom is 0.181 e. The number of methoxy groups -OCH3 is 1. The number of rotatable bonds is 2. The summed E-state index contributed by atoms with van der Waals surface area (Å²) in [6.45, 7) is 0.966. The highest BCUT2D eigenvalue weighted by atomic mass is 16.5. The second-order valence-electron chi connectivity index (χ2n) is 4.49. The van der Waals surface area contributed by atoms with Gasteiger partial charge in [0.05, 0.1) is 12.8 Å². The molecular weight excluding hydrogens is 228 g/mol. The lowest BCUT2D eigenvalue weighted by molar-refractivity contribution is 0.417. The molecule has 0 unspecified atom stereocenters. The number of aromatic nitrogens is 3. The summed E-state index contributed by atoms with van der Waals surface area (Å²) in [7, 11) is 1.61. The molecule has 0 bridgehead atoms. The number of fused-ring (bicyclic) bond motifs is 1. The largest absolute Gasteiger partial charge is 0.495 e. The first-order chi connectivity index (χ1) is 8.78. The molecule has 0 atom stereocenters. The second kappa shape index (κ2) is 4.33. The van der Waals surface area contributed by atoms with Crippen LogP contribution in [0.3, 0.4) is 0 Å². The zero-order chi connectivity index (χ0) is 12.5. The van der Waals surface area contributed by atoms with E-state index in [0.29, 0.717) is 11.4 Å². The lowest BCUT2D eigenvalue weighted by atomic mass is 10.1. The summed E-state index contributed by atoms with van der Waals surface area (Å²) in [5.41, 5.74) is 7.46. The number of anilines is 1. The average molecular weight is 244 g/mol. The first kappa shape index (κ1) is 11.1. The Kier molecular flexibility index (Phi) is 2.66. The molecule has 0 spiro atoms. The van der Waals surface area contributed by atoms with E-state index in [1.54, 1.807) is 7.11 Å². The molecule has 0 fully saturated rings. The minimum atomic E-state index is 0.614. The van der Waals surface area contributed by atoms with E-state index in [2.05, 4.69) is 10.1 Å². The minimum absolute atomic E-state index is 0.614. The van der Waals surface area contributed by atoms with Gasteiger partial charge in [-0.25, -0.2) is 9.67 Å². The van der Waals surface area contributed by atoms with Crippen molar-refractivity contribution in [1.82, 2.24) is 14.8 Å². The topological polar surface area (TPSA) is 66.0 Å². The van der Waals surface area contributed by atoms with Crippen molar-refractivity contribution in [1.29, 1.82) is 0 Å². The van der Waals surface area contributed by atoms with E-state index >= 15 is 0 Å². The summed E-state index contributed by atoms with van der Waals surface area (Å²) in [6, 6.07) is 5.65. The van der Waals surface area contributed by atoms with Crippen LogP contribution in [0.25, 0.3) is 11.4 Å². The van der Waals surface area contributed by atoms with Crippen LogP contribution in [0, 0.1) is 0 Å². The van der Waals surface area contributed by atoms with Crippen molar-refractivity contribution < 1.29 is 4.74 Å². The second-order valence-corrected chi connectivity index (χ2v) is 4.49. The van der Waals surface area contributed by atoms with E-state index in [1.807, 2.05) is 22.9 Å². The molecule has 5 nitrogen and oxygen atoms in total. The van der Waals surface area contributed by atoms with E-state index in [9.17, 15) is 0 Å². The zero-order valence-electron chi connectivity index (χ0n) is 10.4. The Bertz CT molecular complexity index is 553. The van der Waals surface area contributed by atoms with Crippen LogP contribution in [0.1, 0.15) is 18.7 Å². The molecule has 0 saturated heterocycles. The molecule has 1 aromatic carbocycles. The van der Waals surface area contributed by atoms with Crippen molar-refractivity contribution in [3.63, 3.8) is 0 Å². The predicted octanol–water partition coefficient (Wildman–Crippen LogP) is 1.87. The Labute approximate surface area is 106 Å². The number of ether oxygens (including phenoxy) is 1. The molecule has 0 saturated carbocycles. The predicted molar refractivity (Wildman–Crippen MR) is 69.4 cm³/mol. The van der Waals surface area contributed by atoms with Gasteiger partial charge >= 0.3 is 0 Å². The zero-order valence-corrected chi connectivity index (χ0v) is 10.4. The number of nitrogen functional groups attached to an aromatic ring is 1. The molecule has 2 N–H and O–H groups in total. The first-order valence-electron chi connectivity index (χ1n) is 6.15. The maximum absolute atomic E-state index is 5.90. The number of benzene rings is 1. The van der Waals surface area contributed by atoms with Gasteiger partial charge in [-0.2, -0.15) is 5.10 Å². The maximum atomic E-state index is 5.90. The summed E-state index contributed by atoms with van der Waals surface area (Å²) in [4.78, 5) is 4.57. The molecule has 94 valence electrons. The highest BCUT2D eigenvalue weighted by Gasteiger charge is 2.15. The van der Waals surface area contributed by atoms with Gasteiger partial charge in [-0.1, -0.05) is 0 Å². The summed E-state index contributed by atoms with van der Waals surface area (Å²) in [5, 5.41) is 4.53. The normalized spacial score (nSPS) is 14.3. The fourth-order valence-corrected chi connectivity index (χ4v) is 2.28. The number of nitrogens with two attached hydrogens (primary N) is 1. The Morgan fingerprint density at radius 1 is 1.33 bits per heavy atom. The molecule has 18 heavy (non-hydrogen) atoms. The molecule has 5 heteroatoms. The summed E-state index contributed by atoms with van der Waals surface area (Å²) >= 11 is 0. The van der Waals surface area contributed by atoms with Crippen molar-refractivity contribution in [2.24, 2.45) is 0 Å². The van der Waals surface area contributed by atoms with Gasteiger partial charge in [0.1, 0.15) is 11.6 Å². The fourth-order valence-electron chi connectivity index (χ4n) is 2.28. The van der Waals surface area contributed by atoms with Crippen LogP contribution in [-0.2, 0) is 13.0 Å². The number of aryl methyl sites for hydroxylation is 2. The van der Waals surface area contributed by atoms with Gasteiger partial charge in [-0.05, 0) is 31.0 Å². The van der Waals surface area contributed by atoms with Gasteiger partial charge < -0.3 is 10.5 Å². The lowest BCUT2D eigenvalue weighted by Gasteiger charge is -2.09. The highest BCUT2D eigenvalue weighted by Crippen LogP contribution is 2.27. The molecule has 2 heterocycles. The van der Waals surface area contributed by atoms with E-state index in [-0.39, 0.29) is 0 Å². The van der Waals surface area contributed by atoms with Crippen molar-refractivity contribution in [3.05, 3.63) is 24.0 Å². The van der Waals surface area contributed by atoms with Gasteiger partial charge in [-0.3, -0.25) is 0 Å². The Morgan fingerprint density at radius 2 is 2.22 bits per heavy atom. The van der Waals surface area contributed by atoms with Gasteiger partial charge in [0, 0.05) is 18.5 Å². The van der Waals surface area contributed by atoms with Crippen LogP contribution in [0.2, 0.25) is 0 Å². The third kappa shape index (κ3) is 1.81. The van der Waals surface area contributed by atoms with Crippen molar-refractivity contribution in [2.75, 3.05) is 12.8 Å². The Hall–Kier alpha value is -2.04. The van der Waals surface area contributed by atoms with Crippen LogP contribution in [0.5, 0.6) is 5.75 Å². The van der Waals surface area contributed by atoms with Crippen LogP contribution < -0.4 is 10.5 Å². The summed E-state index contributed by atoms with van der Waals surface area (Å²) < 4.78 is 7.15. The van der Waals surface area contributed by atoms with Gasteiger partial charge in [-0.15, -0.1) is 0 Å². The van der Waals surface area contributed by atoms with Crippen molar-refractivity contribution >= 4 is 5.69 Å². The molecule has 1 aromatic heterocycles. The Morgan fingerprint density at radius 3 is 2.94 bits per heavy atom. The van der Waals surface area contributed by atoms with E-state index in [0.717, 1.165) is 30.2 Å². The molecule has 0 aliphatic carbocycles. The molecule has 1 aliphatic heterocycles. The van der Waals surface area contributed by atoms with Crippen LogP contribution in [-0.4, -0.2) is 21.9 Å². The smallest absolute Gasteiger partial charge is 0.181 e. The Balaban J connectivity index is 1.99. The molecule has 1 aliphatic rings. The third-order valence-electron chi connectivity index (χ3n) is 3.26. The van der Waals surface area contributed by atoms with Crippen molar-refractivity contribution in [3.8, 4) is 17.1 Å². The molecule has 0 amide bonds. The van der Waals surface area contributed by atoms with Gasteiger partial charge in [0.15, 0.2) is 5.82 Å². The van der Waals surface area contributed by atoms with E-state index in [4.69, 9.17) is 10.5 Å². The molecular formula is C13H16N4O. The third-order valence-corrected chi connectivity index (χ3v) is 3.26. The van der Waals surface area contributed by atoms with E-state index < -0.39 is 0 Å². The molecule has 2 aromatic rings. The monoisotopic (exact) mass is 244 g/mol. The fraction of sp³-hybridized carbons (Fsp3) is 0.385. The highest BCUT2D eigenvalue weighted by molar-refractivity contribution is 5.66. The van der Waals surface area contributed by atoms with Crippen LogP contribution in [0.15, 0.2) is 18.2 Å². The standard InChI is InChI=1S/C13H16N4O/c1-18-11-6-5-9(8-10(11)14)13-15-12-4-2-3-7-17(12)16-13/h5-6,8H,2-4,7,14H2,1H3. The lowest BCUT2D eigenvalue weighted by Crippen LogP contribution is -2.11. The summed E-state index contributed by atoms with van der Waals surface area (Å²) in [6.07, 6.45) is 3.39. The number of nitrogens with zero attached hydrogens (tertiary/aromatic N) is 3. The summed E-state index contributed by atoms with van der Waals surface area (Å²) in [5.74, 6) is 2.51. The molecule has 3 rings (SSSR count). The van der Waals surface area contributed by atoms with Crippen molar-refractivity contribution in [2.45, 2.75) is 25.8 Å². The SMILES string of the molecule is COc1ccc(-c2nc3n(n2)CCCC3)cc1N. The quantitative estimate of drug-likeness (QED) is 0.819. The van der Waals surface area contributed by atoms with Gasteiger partial charge in [0.25, 0.3) is 0 Å². The minimum Gasteiger partial charge on any atom is -0.495 e. The average Bonchev–Trinajstić information content (AvgIpc) is 2.82. The van der Waals surface area contributed by atoms with E-state index in [1.165, 1.54) is 12.8 Å².